The molecule has 1 heterocycles. The van der Waals surface area contributed by atoms with Crippen LogP contribution in [0.15, 0.2) is 71.8 Å². The molecule has 0 spiro atoms. The van der Waals surface area contributed by atoms with E-state index in [9.17, 15) is 4.79 Å². The molecule has 1 atom stereocenters. The topological polar surface area (TPSA) is 56.0 Å². The third kappa shape index (κ3) is 2.90. The lowest BCUT2D eigenvalue weighted by atomic mass is 10.1. The number of pyridine rings is 1. The van der Waals surface area contributed by atoms with Crippen LogP contribution in [0.5, 0.6) is 0 Å². The maximum atomic E-state index is 11.8. The third-order valence-corrected chi connectivity index (χ3v) is 4.52. The molecule has 3 aromatic rings. The van der Waals surface area contributed by atoms with E-state index in [4.69, 9.17) is 5.73 Å². The van der Waals surface area contributed by atoms with Crippen LogP contribution in [0.4, 0.5) is 0 Å². The minimum absolute atomic E-state index is 0.348. The number of aromatic nitrogens is 1. The molecule has 2 N–H and O–H groups in total. The van der Waals surface area contributed by atoms with Gasteiger partial charge in [0.05, 0.1) is 5.52 Å². The predicted octanol–water partition coefficient (Wildman–Crippen LogP) is 3.55. The van der Waals surface area contributed by atoms with Gasteiger partial charge in [-0.3, -0.25) is 9.78 Å². The summed E-state index contributed by atoms with van der Waals surface area (Å²) in [7, 11) is 0. The molecule has 1 aromatic heterocycles. The van der Waals surface area contributed by atoms with Crippen LogP contribution in [-0.4, -0.2) is 10.9 Å². The van der Waals surface area contributed by atoms with Crippen LogP contribution in [0.3, 0.4) is 0 Å². The molecule has 0 fully saturated rings. The number of amides is 1. The van der Waals surface area contributed by atoms with E-state index >= 15 is 0 Å². The fraction of sp³-hybridized carbons (Fsp3) is 0.0588. The normalized spacial score (nSPS) is 12.2. The highest BCUT2D eigenvalue weighted by molar-refractivity contribution is 8.00. The fourth-order valence-electron chi connectivity index (χ4n) is 2.22. The summed E-state index contributed by atoms with van der Waals surface area (Å²) in [5, 5.41) is 0.637. The van der Waals surface area contributed by atoms with Gasteiger partial charge >= 0.3 is 0 Å². The zero-order chi connectivity index (χ0) is 14.7. The molecule has 3 rings (SSSR count). The summed E-state index contributed by atoms with van der Waals surface area (Å²) in [5.74, 6) is -0.348. The summed E-state index contributed by atoms with van der Waals surface area (Å²) in [6.07, 6.45) is 1.76. The Morgan fingerprint density at radius 2 is 1.76 bits per heavy atom. The number of hydrogen-bond acceptors (Lipinski definition) is 3. The summed E-state index contributed by atoms with van der Waals surface area (Å²) in [4.78, 5) is 17.2. The molecular formula is C17H14N2OS. The maximum Gasteiger partial charge on any atom is 0.235 e. The Hall–Kier alpha value is -2.33. The maximum absolute atomic E-state index is 11.8. The minimum Gasteiger partial charge on any atom is -0.368 e. The lowest BCUT2D eigenvalue weighted by Gasteiger charge is -2.14. The number of fused-ring (bicyclic) bond motifs is 1. The van der Waals surface area contributed by atoms with Gasteiger partial charge in [-0.1, -0.05) is 48.5 Å². The lowest BCUT2D eigenvalue weighted by molar-refractivity contribution is -0.117. The number of rotatable bonds is 4. The Morgan fingerprint density at radius 1 is 1.00 bits per heavy atom. The highest BCUT2D eigenvalue weighted by Gasteiger charge is 2.20. The van der Waals surface area contributed by atoms with Gasteiger partial charge < -0.3 is 5.73 Å². The van der Waals surface area contributed by atoms with Gasteiger partial charge in [0.2, 0.25) is 5.91 Å². The van der Waals surface area contributed by atoms with Crippen molar-refractivity contribution in [3.8, 4) is 0 Å². The molecule has 0 saturated carbocycles. The first kappa shape index (κ1) is 13.6. The van der Waals surface area contributed by atoms with Crippen LogP contribution < -0.4 is 5.73 Å². The number of primary amides is 1. The van der Waals surface area contributed by atoms with E-state index < -0.39 is 5.25 Å². The van der Waals surface area contributed by atoms with Gasteiger partial charge in [0.1, 0.15) is 5.25 Å². The summed E-state index contributed by atoms with van der Waals surface area (Å²) >= 11 is 1.44. The Labute approximate surface area is 127 Å². The monoisotopic (exact) mass is 294 g/mol. The van der Waals surface area contributed by atoms with E-state index in [-0.39, 0.29) is 5.91 Å². The van der Waals surface area contributed by atoms with Crippen LogP contribution in [0.2, 0.25) is 0 Å². The molecule has 104 valence electrons. The Kier molecular flexibility index (Phi) is 3.88. The van der Waals surface area contributed by atoms with Gasteiger partial charge in [-0.2, -0.15) is 0 Å². The highest BCUT2D eigenvalue weighted by atomic mass is 32.2. The molecule has 0 radical (unpaired) electrons. The Balaban J connectivity index is 2.01. The second-order valence-corrected chi connectivity index (χ2v) is 5.79. The van der Waals surface area contributed by atoms with Crippen LogP contribution in [0.1, 0.15) is 10.8 Å². The first-order valence-corrected chi connectivity index (χ1v) is 7.48. The molecule has 0 aliphatic heterocycles. The molecule has 2 aromatic carbocycles. The van der Waals surface area contributed by atoms with E-state index in [0.29, 0.717) is 0 Å². The number of nitrogens with two attached hydrogens (primary N) is 1. The third-order valence-electron chi connectivity index (χ3n) is 3.20. The molecule has 21 heavy (non-hydrogen) atoms. The van der Waals surface area contributed by atoms with Crippen molar-refractivity contribution in [1.29, 1.82) is 0 Å². The number of nitrogens with zero attached hydrogens (tertiary/aromatic N) is 1. The molecular weight excluding hydrogens is 280 g/mol. The van der Waals surface area contributed by atoms with Crippen LogP contribution in [0.25, 0.3) is 10.9 Å². The second-order valence-electron chi connectivity index (χ2n) is 4.64. The van der Waals surface area contributed by atoms with Crippen molar-refractivity contribution >= 4 is 28.6 Å². The van der Waals surface area contributed by atoms with Crippen molar-refractivity contribution in [3.63, 3.8) is 0 Å². The molecule has 3 nitrogen and oxygen atoms in total. The fourth-order valence-corrected chi connectivity index (χ4v) is 3.32. The van der Waals surface area contributed by atoms with E-state index in [1.54, 1.807) is 6.20 Å². The van der Waals surface area contributed by atoms with Crippen molar-refractivity contribution in [3.05, 3.63) is 72.4 Å². The quantitative estimate of drug-likeness (QED) is 0.749. The van der Waals surface area contributed by atoms with Gasteiger partial charge in [0.15, 0.2) is 0 Å². The van der Waals surface area contributed by atoms with Gasteiger partial charge in [-0.05, 0) is 17.7 Å². The number of hydrogen-bond donors (Lipinski definition) is 1. The largest absolute Gasteiger partial charge is 0.368 e. The SMILES string of the molecule is NC(=O)[C@H](Sc1cccc2cccnc12)c1ccccc1. The van der Waals surface area contributed by atoms with Gasteiger partial charge in [0.25, 0.3) is 0 Å². The van der Waals surface area contributed by atoms with Crippen molar-refractivity contribution in [1.82, 2.24) is 4.98 Å². The van der Waals surface area contributed by atoms with Crippen LogP contribution in [-0.2, 0) is 4.79 Å². The molecule has 1 amide bonds. The smallest absolute Gasteiger partial charge is 0.235 e. The number of para-hydroxylation sites is 1. The number of benzene rings is 2. The number of carbonyl (C=O) groups is 1. The molecule has 0 aliphatic rings. The molecule has 0 saturated heterocycles. The summed E-state index contributed by atoms with van der Waals surface area (Å²) < 4.78 is 0. The number of thioether (sulfide) groups is 1. The first-order chi connectivity index (χ1) is 10.3. The zero-order valence-corrected chi connectivity index (χ0v) is 12.1. The Bertz CT molecular complexity index is 769. The predicted molar refractivity (Wildman–Crippen MR) is 86.0 cm³/mol. The summed E-state index contributed by atoms with van der Waals surface area (Å²) in [6.45, 7) is 0. The van der Waals surface area contributed by atoms with E-state index in [0.717, 1.165) is 21.4 Å². The van der Waals surface area contributed by atoms with Gasteiger partial charge in [0, 0.05) is 16.5 Å². The first-order valence-electron chi connectivity index (χ1n) is 6.60. The molecule has 0 unspecified atom stereocenters. The highest BCUT2D eigenvalue weighted by Crippen LogP contribution is 2.37. The molecule has 0 bridgehead atoms. The van der Waals surface area contributed by atoms with Gasteiger partial charge in [-0.25, -0.2) is 0 Å². The van der Waals surface area contributed by atoms with E-state index in [1.165, 1.54) is 11.8 Å². The van der Waals surface area contributed by atoms with Crippen molar-refractivity contribution in [2.45, 2.75) is 10.1 Å². The molecule has 0 aliphatic carbocycles. The van der Waals surface area contributed by atoms with Crippen molar-refractivity contribution in [2.24, 2.45) is 5.73 Å². The average Bonchev–Trinajstić information content (AvgIpc) is 2.53. The summed E-state index contributed by atoms with van der Waals surface area (Å²) in [5.41, 5.74) is 7.38. The van der Waals surface area contributed by atoms with E-state index in [2.05, 4.69) is 4.98 Å². The minimum atomic E-state index is -0.418. The number of carbonyl (C=O) groups excluding carboxylic acids is 1. The van der Waals surface area contributed by atoms with E-state index in [1.807, 2.05) is 60.7 Å². The van der Waals surface area contributed by atoms with Crippen LogP contribution in [0, 0.1) is 0 Å². The standard InChI is InChI=1S/C17H14N2OS/c18-17(20)16(13-6-2-1-3-7-13)21-14-10-4-8-12-9-5-11-19-15(12)14/h1-11,16H,(H2,18,20)/t16-/m1/s1. The zero-order valence-electron chi connectivity index (χ0n) is 11.3. The second kappa shape index (κ2) is 5.97. The van der Waals surface area contributed by atoms with Crippen molar-refractivity contribution in [2.75, 3.05) is 0 Å². The van der Waals surface area contributed by atoms with Crippen LogP contribution >= 0.6 is 11.8 Å². The summed E-state index contributed by atoms with van der Waals surface area (Å²) in [6, 6.07) is 19.4. The Morgan fingerprint density at radius 3 is 2.52 bits per heavy atom. The average molecular weight is 294 g/mol. The van der Waals surface area contributed by atoms with Gasteiger partial charge in [-0.15, -0.1) is 11.8 Å². The van der Waals surface area contributed by atoms with Crippen molar-refractivity contribution < 1.29 is 4.79 Å². The lowest BCUT2D eigenvalue weighted by Crippen LogP contribution is -2.18. The molecule has 4 heteroatoms.